The van der Waals surface area contributed by atoms with Gasteiger partial charge in [0.2, 0.25) is 0 Å². The van der Waals surface area contributed by atoms with Gasteiger partial charge >= 0.3 is 6.18 Å². The second kappa shape index (κ2) is 3.88. The standard InChI is InChI=1S/C9H7F4NO/c1-5(14-15)6-2-7(9(11,12)13)4-8(10)3-6/h2-4,15H,1H3. The number of halogens is 4. The minimum Gasteiger partial charge on any atom is -0.411 e. The molecule has 0 radical (unpaired) electrons. The topological polar surface area (TPSA) is 32.6 Å². The molecule has 1 aromatic carbocycles. The van der Waals surface area contributed by atoms with Crippen LogP contribution in [0.5, 0.6) is 0 Å². The van der Waals surface area contributed by atoms with Crippen LogP contribution in [0.2, 0.25) is 0 Å². The molecule has 0 bridgehead atoms. The zero-order valence-corrected chi connectivity index (χ0v) is 7.64. The number of nitrogens with zero attached hydrogens (tertiary/aromatic N) is 1. The third kappa shape index (κ3) is 2.68. The van der Waals surface area contributed by atoms with Crippen LogP contribution >= 0.6 is 0 Å². The molecule has 15 heavy (non-hydrogen) atoms. The van der Waals surface area contributed by atoms with Crippen molar-refractivity contribution in [2.75, 3.05) is 0 Å². The highest BCUT2D eigenvalue weighted by Gasteiger charge is 2.31. The molecule has 0 fully saturated rings. The Bertz CT molecular complexity index is 398. The van der Waals surface area contributed by atoms with Crippen molar-refractivity contribution in [1.82, 2.24) is 0 Å². The summed E-state index contributed by atoms with van der Waals surface area (Å²) in [5, 5.41) is 11.1. The molecule has 6 heteroatoms. The molecule has 2 nitrogen and oxygen atoms in total. The summed E-state index contributed by atoms with van der Waals surface area (Å²) in [4.78, 5) is 0. The van der Waals surface area contributed by atoms with Gasteiger partial charge in [-0.05, 0) is 25.1 Å². The fraction of sp³-hybridized carbons (Fsp3) is 0.222. The summed E-state index contributed by atoms with van der Waals surface area (Å²) >= 11 is 0. The van der Waals surface area contributed by atoms with Crippen LogP contribution in [0.15, 0.2) is 23.4 Å². The number of hydrogen-bond acceptors (Lipinski definition) is 2. The Morgan fingerprint density at radius 2 is 1.87 bits per heavy atom. The van der Waals surface area contributed by atoms with Gasteiger partial charge in [-0.25, -0.2) is 4.39 Å². The van der Waals surface area contributed by atoms with Crippen LogP contribution in [0.25, 0.3) is 0 Å². The predicted octanol–water partition coefficient (Wildman–Crippen LogP) is 3.04. The Kier molecular flexibility index (Phi) is 2.97. The van der Waals surface area contributed by atoms with Gasteiger partial charge in [-0.1, -0.05) is 5.16 Å². The predicted molar refractivity (Wildman–Crippen MR) is 45.4 cm³/mol. The molecular weight excluding hydrogens is 214 g/mol. The van der Waals surface area contributed by atoms with Gasteiger partial charge in [-0.2, -0.15) is 13.2 Å². The second-order valence-electron chi connectivity index (χ2n) is 2.91. The Labute approximate surface area is 82.8 Å². The summed E-state index contributed by atoms with van der Waals surface area (Å²) < 4.78 is 49.6. The Balaban J connectivity index is 3.29. The van der Waals surface area contributed by atoms with Crippen LogP contribution in [-0.2, 0) is 6.18 Å². The molecule has 1 N–H and O–H groups in total. The molecule has 1 rings (SSSR count). The van der Waals surface area contributed by atoms with E-state index in [-0.39, 0.29) is 11.3 Å². The summed E-state index contributed by atoms with van der Waals surface area (Å²) in [5.74, 6) is -1.03. The van der Waals surface area contributed by atoms with E-state index in [9.17, 15) is 17.6 Å². The van der Waals surface area contributed by atoms with Crippen LogP contribution in [0.1, 0.15) is 18.1 Å². The van der Waals surface area contributed by atoms with Crippen LogP contribution < -0.4 is 0 Å². The Morgan fingerprint density at radius 3 is 2.33 bits per heavy atom. The maximum absolute atomic E-state index is 12.8. The maximum Gasteiger partial charge on any atom is 0.416 e. The highest BCUT2D eigenvalue weighted by atomic mass is 19.4. The zero-order valence-electron chi connectivity index (χ0n) is 7.64. The minimum atomic E-state index is -4.62. The second-order valence-corrected chi connectivity index (χ2v) is 2.91. The Morgan fingerprint density at radius 1 is 1.27 bits per heavy atom. The van der Waals surface area contributed by atoms with E-state index >= 15 is 0 Å². The van der Waals surface area contributed by atoms with E-state index in [0.29, 0.717) is 6.07 Å². The van der Waals surface area contributed by atoms with Crippen LogP contribution in [0.4, 0.5) is 17.6 Å². The van der Waals surface area contributed by atoms with Crippen molar-refractivity contribution in [3.63, 3.8) is 0 Å². The van der Waals surface area contributed by atoms with Gasteiger partial charge in [0.1, 0.15) is 5.82 Å². The smallest absolute Gasteiger partial charge is 0.411 e. The van der Waals surface area contributed by atoms with E-state index in [4.69, 9.17) is 5.21 Å². The summed E-state index contributed by atoms with van der Waals surface area (Å²) in [5.41, 5.74) is -1.30. The fourth-order valence-electron chi connectivity index (χ4n) is 1.02. The van der Waals surface area contributed by atoms with Crippen molar-refractivity contribution < 1.29 is 22.8 Å². The quantitative estimate of drug-likeness (QED) is 0.336. The average molecular weight is 221 g/mol. The average Bonchev–Trinajstić information content (AvgIpc) is 2.14. The first-order valence-corrected chi connectivity index (χ1v) is 3.91. The highest BCUT2D eigenvalue weighted by molar-refractivity contribution is 5.98. The third-order valence-electron chi connectivity index (χ3n) is 1.79. The van der Waals surface area contributed by atoms with E-state index in [1.54, 1.807) is 0 Å². The molecule has 0 spiro atoms. The third-order valence-corrected chi connectivity index (χ3v) is 1.79. The van der Waals surface area contributed by atoms with Gasteiger partial charge in [-0.15, -0.1) is 0 Å². The van der Waals surface area contributed by atoms with E-state index in [1.807, 2.05) is 0 Å². The SMILES string of the molecule is CC(=NO)c1cc(F)cc(C(F)(F)F)c1. The lowest BCUT2D eigenvalue weighted by Crippen LogP contribution is -2.08. The normalized spacial score (nSPS) is 13.0. The minimum absolute atomic E-state index is 0.0833. The molecule has 0 unspecified atom stereocenters. The lowest BCUT2D eigenvalue weighted by atomic mass is 10.1. The van der Waals surface area contributed by atoms with Crippen LogP contribution in [0, 0.1) is 5.82 Å². The number of alkyl halides is 3. The Hall–Kier alpha value is -1.59. The number of hydrogen-bond donors (Lipinski definition) is 1. The van der Waals surface area contributed by atoms with Gasteiger partial charge in [-0.3, -0.25) is 0 Å². The number of benzene rings is 1. The van der Waals surface area contributed by atoms with E-state index in [2.05, 4.69) is 5.16 Å². The van der Waals surface area contributed by atoms with Crippen LogP contribution in [-0.4, -0.2) is 10.9 Å². The molecule has 82 valence electrons. The van der Waals surface area contributed by atoms with Gasteiger partial charge < -0.3 is 5.21 Å². The highest BCUT2D eigenvalue weighted by Crippen LogP contribution is 2.30. The molecule has 0 aliphatic heterocycles. The van der Waals surface area contributed by atoms with Crippen molar-refractivity contribution in [1.29, 1.82) is 0 Å². The molecule has 0 heterocycles. The van der Waals surface area contributed by atoms with Crippen molar-refractivity contribution in [2.24, 2.45) is 5.16 Å². The fourth-order valence-corrected chi connectivity index (χ4v) is 1.02. The van der Waals surface area contributed by atoms with Gasteiger partial charge in [0.05, 0.1) is 11.3 Å². The van der Waals surface area contributed by atoms with Crippen molar-refractivity contribution >= 4 is 5.71 Å². The molecule has 0 saturated carbocycles. The lowest BCUT2D eigenvalue weighted by Gasteiger charge is -2.08. The number of oxime groups is 1. The molecule has 0 aromatic heterocycles. The first kappa shape index (κ1) is 11.5. The summed E-state index contributed by atoms with van der Waals surface area (Å²) in [6, 6.07) is 1.97. The maximum atomic E-state index is 12.8. The van der Waals surface area contributed by atoms with Gasteiger partial charge in [0, 0.05) is 5.56 Å². The van der Waals surface area contributed by atoms with Gasteiger partial charge in [0.25, 0.3) is 0 Å². The molecule has 1 aromatic rings. The van der Waals surface area contributed by atoms with E-state index in [1.165, 1.54) is 6.92 Å². The van der Waals surface area contributed by atoms with Crippen molar-refractivity contribution in [2.45, 2.75) is 13.1 Å². The van der Waals surface area contributed by atoms with Crippen molar-refractivity contribution in [3.8, 4) is 0 Å². The first-order chi connectivity index (χ1) is 6.84. The largest absolute Gasteiger partial charge is 0.416 e. The van der Waals surface area contributed by atoms with Gasteiger partial charge in [0.15, 0.2) is 0 Å². The van der Waals surface area contributed by atoms with Crippen LogP contribution in [0.3, 0.4) is 0 Å². The molecule has 0 saturated heterocycles. The molecule has 0 amide bonds. The monoisotopic (exact) mass is 221 g/mol. The molecule has 0 atom stereocenters. The lowest BCUT2D eigenvalue weighted by molar-refractivity contribution is -0.137. The number of rotatable bonds is 1. The first-order valence-electron chi connectivity index (χ1n) is 3.91. The van der Waals surface area contributed by atoms with E-state index in [0.717, 1.165) is 12.1 Å². The molecule has 0 aliphatic carbocycles. The van der Waals surface area contributed by atoms with Crippen molar-refractivity contribution in [3.05, 3.63) is 35.1 Å². The summed E-state index contributed by atoms with van der Waals surface area (Å²) in [6.45, 7) is 1.27. The zero-order chi connectivity index (χ0) is 11.6. The molecule has 0 aliphatic rings. The molecular formula is C9H7F4NO. The summed E-state index contributed by atoms with van der Waals surface area (Å²) in [7, 11) is 0. The summed E-state index contributed by atoms with van der Waals surface area (Å²) in [6.07, 6.45) is -4.62. The van der Waals surface area contributed by atoms with E-state index < -0.39 is 17.6 Å².